The number of hydrogen-bond donors (Lipinski definition) is 2. The van der Waals surface area contributed by atoms with E-state index in [4.69, 9.17) is 11.0 Å². The Kier molecular flexibility index (Phi) is 5.51. The minimum Gasteiger partial charge on any atom is -0.320 e. The highest BCUT2D eigenvalue weighted by molar-refractivity contribution is 7.93. The van der Waals surface area contributed by atoms with Gasteiger partial charge in [0.2, 0.25) is 10.0 Å². The van der Waals surface area contributed by atoms with Crippen LogP contribution < -0.4 is 10.5 Å². The number of halogens is 1. The van der Waals surface area contributed by atoms with Gasteiger partial charge in [-0.25, -0.2) is 12.8 Å². The topological polar surface area (TPSA) is 96.0 Å². The number of nitrogens with one attached hydrogen (secondary N) is 1. The number of rotatable bonds is 4. The summed E-state index contributed by atoms with van der Waals surface area (Å²) >= 11 is 0. The van der Waals surface area contributed by atoms with Crippen molar-refractivity contribution < 1.29 is 12.8 Å². The van der Waals surface area contributed by atoms with Crippen molar-refractivity contribution in [2.24, 2.45) is 5.73 Å². The highest BCUT2D eigenvalue weighted by Gasteiger charge is 2.23. The number of nitriles is 1. The zero-order chi connectivity index (χ0) is 15.2. The third-order valence-corrected chi connectivity index (χ3v) is 4.15. The van der Waals surface area contributed by atoms with Gasteiger partial charge in [0.25, 0.3) is 0 Å². The van der Waals surface area contributed by atoms with E-state index in [0.29, 0.717) is 0 Å². The number of sulfonamides is 1. The van der Waals surface area contributed by atoms with E-state index in [2.05, 4.69) is 16.6 Å². The SMILES string of the molecule is CCC(C#N)S(=O)(=O)Nc1ccc(F)c(C#CCN)c1. The second kappa shape index (κ2) is 6.90. The Balaban J connectivity index is 3.08. The van der Waals surface area contributed by atoms with Gasteiger partial charge in [0.15, 0.2) is 5.25 Å². The molecule has 0 aliphatic rings. The van der Waals surface area contributed by atoms with Crippen molar-refractivity contribution in [3.8, 4) is 17.9 Å². The second-order valence-electron chi connectivity index (χ2n) is 3.87. The molecule has 0 aliphatic heterocycles. The molecule has 0 radical (unpaired) electrons. The maximum atomic E-state index is 13.4. The summed E-state index contributed by atoms with van der Waals surface area (Å²) in [5, 5.41) is 7.63. The highest BCUT2D eigenvalue weighted by Crippen LogP contribution is 2.17. The quantitative estimate of drug-likeness (QED) is 0.815. The van der Waals surface area contributed by atoms with Gasteiger partial charge >= 0.3 is 0 Å². The predicted molar refractivity (Wildman–Crippen MR) is 74.6 cm³/mol. The van der Waals surface area contributed by atoms with E-state index in [1.807, 2.05) is 0 Å². The average Bonchev–Trinajstić information content (AvgIpc) is 2.40. The maximum absolute atomic E-state index is 13.4. The van der Waals surface area contributed by atoms with Crippen LogP contribution in [0.25, 0.3) is 0 Å². The third kappa shape index (κ3) is 3.95. The van der Waals surface area contributed by atoms with E-state index in [9.17, 15) is 12.8 Å². The van der Waals surface area contributed by atoms with Crippen molar-refractivity contribution in [2.75, 3.05) is 11.3 Å². The minimum atomic E-state index is -3.83. The summed E-state index contributed by atoms with van der Waals surface area (Å²) in [7, 11) is -3.83. The van der Waals surface area contributed by atoms with Gasteiger partial charge in [0.1, 0.15) is 5.82 Å². The molecule has 3 N–H and O–H groups in total. The normalized spacial score (nSPS) is 11.9. The Hall–Kier alpha value is -2.09. The van der Waals surface area contributed by atoms with Crippen LogP contribution in [0.15, 0.2) is 18.2 Å². The molecule has 1 rings (SSSR count). The number of benzene rings is 1. The van der Waals surface area contributed by atoms with Gasteiger partial charge < -0.3 is 5.73 Å². The van der Waals surface area contributed by atoms with Gasteiger partial charge in [-0.3, -0.25) is 4.72 Å². The first-order chi connectivity index (χ1) is 9.44. The van der Waals surface area contributed by atoms with Gasteiger partial charge in [0, 0.05) is 5.69 Å². The number of nitrogens with zero attached hydrogens (tertiary/aromatic N) is 1. The smallest absolute Gasteiger partial charge is 0.249 e. The third-order valence-electron chi connectivity index (χ3n) is 2.44. The molecule has 20 heavy (non-hydrogen) atoms. The van der Waals surface area contributed by atoms with E-state index >= 15 is 0 Å². The first kappa shape index (κ1) is 16.0. The summed E-state index contributed by atoms with van der Waals surface area (Å²) in [5.41, 5.74) is 5.39. The van der Waals surface area contributed by atoms with Gasteiger partial charge in [0.05, 0.1) is 18.2 Å². The zero-order valence-electron chi connectivity index (χ0n) is 10.9. The summed E-state index contributed by atoms with van der Waals surface area (Å²) in [6.07, 6.45) is 0.160. The van der Waals surface area contributed by atoms with Gasteiger partial charge in [-0.1, -0.05) is 18.8 Å². The molecule has 1 aromatic rings. The molecule has 106 valence electrons. The number of nitrogens with two attached hydrogens (primary N) is 1. The van der Waals surface area contributed by atoms with Crippen molar-refractivity contribution >= 4 is 15.7 Å². The summed E-state index contributed by atoms with van der Waals surface area (Å²) in [6, 6.07) is 5.34. The van der Waals surface area contributed by atoms with Crippen molar-refractivity contribution in [1.29, 1.82) is 5.26 Å². The number of hydrogen-bond acceptors (Lipinski definition) is 4. The Morgan fingerprint density at radius 1 is 1.50 bits per heavy atom. The zero-order valence-corrected chi connectivity index (χ0v) is 11.7. The first-order valence-corrected chi connectivity index (χ1v) is 7.39. The van der Waals surface area contributed by atoms with Crippen molar-refractivity contribution in [1.82, 2.24) is 0 Å². The minimum absolute atomic E-state index is 0.0423. The van der Waals surface area contributed by atoms with E-state index in [0.717, 1.165) is 6.07 Å². The van der Waals surface area contributed by atoms with Crippen molar-refractivity contribution in [3.63, 3.8) is 0 Å². The molecule has 0 spiro atoms. The molecule has 0 saturated heterocycles. The van der Waals surface area contributed by atoms with Gasteiger partial charge in [-0.2, -0.15) is 5.26 Å². The predicted octanol–water partition coefficient (Wildman–Crippen LogP) is 1.18. The summed E-state index contributed by atoms with van der Waals surface area (Å²) in [4.78, 5) is 0. The van der Waals surface area contributed by atoms with Crippen LogP contribution in [0.4, 0.5) is 10.1 Å². The van der Waals surface area contributed by atoms with Crippen LogP contribution in [-0.2, 0) is 10.0 Å². The Morgan fingerprint density at radius 2 is 2.20 bits per heavy atom. The second-order valence-corrected chi connectivity index (χ2v) is 5.74. The lowest BCUT2D eigenvalue weighted by molar-refractivity contribution is 0.592. The van der Waals surface area contributed by atoms with Crippen LogP contribution in [-0.4, -0.2) is 20.2 Å². The molecular weight excluding hydrogens is 281 g/mol. The Morgan fingerprint density at radius 3 is 2.75 bits per heavy atom. The lowest BCUT2D eigenvalue weighted by Gasteiger charge is -2.11. The van der Waals surface area contributed by atoms with E-state index in [1.54, 1.807) is 13.0 Å². The molecular formula is C13H14FN3O2S. The van der Waals surface area contributed by atoms with Crippen LogP contribution >= 0.6 is 0 Å². The van der Waals surface area contributed by atoms with Crippen LogP contribution in [0.1, 0.15) is 18.9 Å². The lowest BCUT2D eigenvalue weighted by Crippen LogP contribution is -2.26. The molecule has 0 heterocycles. The summed E-state index contributed by atoms with van der Waals surface area (Å²) in [6.45, 7) is 1.66. The van der Waals surface area contributed by atoms with E-state index in [-0.39, 0.29) is 24.2 Å². The molecule has 0 saturated carbocycles. The van der Waals surface area contributed by atoms with Crippen molar-refractivity contribution in [3.05, 3.63) is 29.6 Å². The molecule has 0 aliphatic carbocycles. The Bertz CT molecular complexity index is 684. The fourth-order valence-corrected chi connectivity index (χ4v) is 2.62. The molecule has 0 aromatic heterocycles. The fourth-order valence-electron chi connectivity index (χ4n) is 1.45. The molecule has 0 amide bonds. The van der Waals surface area contributed by atoms with Crippen molar-refractivity contribution in [2.45, 2.75) is 18.6 Å². The van der Waals surface area contributed by atoms with Crippen LogP contribution in [0, 0.1) is 29.0 Å². The van der Waals surface area contributed by atoms with E-state index < -0.39 is 21.1 Å². The largest absolute Gasteiger partial charge is 0.320 e. The van der Waals surface area contributed by atoms with E-state index in [1.165, 1.54) is 12.1 Å². The molecule has 0 fully saturated rings. The fraction of sp³-hybridized carbons (Fsp3) is 0.308. The van der Waals surface area contributed by atoms with Gasteiger partial charge in [-0.15, -0.1) is 0 Å². The maximum Gasteiger partial charge on any atom is 0.249 e. The molecule has 1 aromatic carbocycles. The first-order valence-electron chi connectivity index (χ1n) is 5.84. The van der Waals surface area contributed by atoms with Crippen LogP contribution in [0.2, 0.25) is 0 Å². The molecule has 1 atom stereocenters. The molecule has 5 nitrogen and oxygen atoms in total. The average molecular weight is 295 g/mol. The molecule has 0 bridgehead atoms. The summed E-state index contributed by atoms with van der Waals surface area (Å²) < 4.78 is 39.5. The van der Waals surface area contributed by atoms with Crippen LogP contribution in [0.5, 0.6) is 0 Å². The molecule has 7 heteroatoms. The molecule has 1 unspecified atom stereocenters. The number of anilines is 1. The van der Waals surface area contributed by atoms with Gasteiger partial charge in [-0.05, 0) is 24.6 Å². The Labute approximate surface area is 117 Å². The monoisotopic (exact) mass is 295 g/mol. The van der Waals surface area contributed by atoms with Crippen LogP contribution in [0.3, 0.4) is 0 Å². The standard InChI is InChI=1S/C13H14FN3O2S/c1-2-12(9-16)20(18,19)17-11-5-6-13(14)10(8-11)4-3-7-15/h5-6,8,12,17H,2,7,15H2,1H3. The lowest BCUT2D eigenvalue weighted by atomic mass is 10.2. The summed E-state index contributed by atoms with van der Waals surface area (Å²) in [5.74, 6) is 4.43. The highest BCUT2D eigenvalue weighted by atomic mass is 32.2.